The van der Waals surface area contributed by atoms with Gasteiger partial charge in [-0.05, 0) is 18.3 Å². The number of ether oxygens (including phenoxy) is 1. The molecule has 1 saturated carbocycles. The summed E-state index contributed by atoms with van der Waals surface area (Å²) < 4.78 is 6.04. The van der Waals surface area contributed by atoms with E-state index in [2.05, 4.69) is 31.0 Å². The molecule has 0 aromatic carbocycles. The number of piperazine rings is 1. The Morgan fingerprint density at radius 1 is 1.16 bits per heavy atom. The van der Waals surface area contributed by atoms with E-state index in [9.17, 15) is 0 Å². The lowest BCUT2D eigenvalue weighted by Gasteiger charge is -2.40. The minimum atomic E-state index is 0.350. The fourth-order valence-electron chi connectivity index (χ4n) is 3.17. The molecule has 1 N–H and O–H groups in total. The van der Waals surface area contributed by atoms with Crippen LogP contribution in [-0.2, 0) is 4.74 Å². The van der Waals surface area contributed by atoms with Crippen LogP contribution in [0, 0.1) is 5.41 Å². The lowest BCUT2D eigenvalue weighted by molar-refractivity contribution is 0.00941. The van der Waals surface area contributed by atoms with Crippen LogP contribution in [0.1, 0.15) is 52.9 Å². The topological polar surface area (TPSA) is 24.5 Å². The quantitative estimate of drug-likeness (QED) is 0.848. The zero-order valence-corrected chi connectivity index (χ0v) is 13.1. The van der Waals surface area contributed by atoms with Crippen molar-refractivity contribution in [2.45, 2.75) is 65.0 Å². The minimum absolute atomic E-state index is 0.350. The van der Waals surface area contributed by atoms with E-state index >= 15 is 0 Å². The predicted octanol–water partition coefficient (Wildman–Crippen LogP) is 2.66. The van der Waals surface area contributed by atoms with E-state index in [4.69, 9.17) is 4.74 Å². The monoisotopic (exact) mass is 268 g/mol. The number of nitrogens with zero attached hydrogens (tertiary/aromatic N) is 1. The molecule has 1 aliphatic carbocycles. The molecular formula is C16H32N2O. The Morgan fingerprint density at radius 2 is 1.89 bits per heavy atom. The molecule has 0 radical (unpaired) electrons. The molecule has 1 aliphatic heterocycles. The molecule has 1 heterocycles. The fourth-order valence-corrected chi connectivity index (χ4v) is 3.17. The summed E-state index contributed by atoms with van der Waals surface area (Å²) in [6, 6.07) is 0.607. The third-order valence-electron chi connectivity index (χ3n) is 4.62. The molecule has 0 amide bonds. The highest BCUT2D eigenvalue weighted by molar-refractivity contribution is 4.87. The molecule has 112 valence electrons. The smallest absolute Gasteiger partial charge is 0.0597 e. The van der Waals surface area contributed by atoms with E-state index in [1.165, 1.54) is 38.6 Å². The van der Waals surface area contributed by atoms with E-state index in [1.54, 1.807) is 0 Å². The summed E-state index contributed by atoms with van der Waals surface area (Å²) in [6.07, 6.45) is 7.26. The summed E-state index contributed by atoms with van der Waals surface area (Å²) in [4.78, 5) is 2.56. The predicted molar refractivity (Wildman–Crippen MR) is 80.5 cm³/mol. The van der Waals surface area contributed by atoms with Crippen LogP contribution in [0.5, 0.6) is 0 Å². The van der Waals surface area contributed by atoms with Gasteiger partial charge in [0.05, 0.1) is 12.7 Å². The molecule has 3 heteroatoms. The summed E-state index contributed by atoms with van der Waals surface area (Å²) >= 11 is 0. The van der Waals surface area contributed by atoms with Crippen molar-refractivity contribution >= 4 is 0 Å². The third kappa shape index (κ3) is 5.05. The molecule has 0 aromatic heterocycles. The molecule has 1 saturated heterocycles. The molecule has 1 unspecified atom stereocenters. The second-order valence-corrected chi connectivity index (χ2v) is 7.30. The molecule has 2 fully saturated rings. The maximum absolute atomic E-state index is 6.04. The summed E-state index contributed by atoms with van der Waals surface area (Å²) in [5, 5.41) is 3.65. The van der Waals surface area contributed by atoms with Gasteiger partial charge < -0.3 is 10.1 Å². The zero-order chi connectivity index (χ0) is 13.7. The molecule has 0 bridgehead atoms. The zero-order valence-electron chi connectivity index (χ0n) is 13.1. The highest BCUT2D eigenvalue weighted by Gasteiger charge is 2.29. The molecule has 1 atom stereocenters. The fraction of sp³-hybridized carbons (Fsp3) is 1.00. The van der Waals surface area contributed by atoms with Gasteiger partial charge in [-0.3, -0.25) is 4.90 Å². The number of rotatable bonds is 4. The molecule has 2 aliphatic rings. The highest BCUT2D eigenvalue weighted by atomic mass is 16.5. The van der Waals surface area contributed by atoms with Gasteiger partial charge >= 0.3 is 0 Å². The normalized spacial score (nSPS) is 27.6. The van der Waals surface area contributed by atoms with Crippen molar-refractivity contribution in [2.24, 2.45) is 5.41 Å². The first-order chi connectivity index (χ1) is 9.05. The van der Waals surface area contributed by atoms with Gasteiger partial charge in [0.2, 0.25) is 0 Å². The lowest BCUT2D eigenvalue weighted by atomic mass is 9.85. The summed E-state index contributed by atoms with van der Waals surface area (Å²) in [7, 11) is 0. The molecular weight excluding hydrogens is 236 g/mol. The second kappa shape index (κ2) is 7.05. The van der Waals surface area contributed by atoms with E-state index in [1.807, 2.05) is 0 Å². The molecule has 0 spiro atoms. The van der Waals surface area contributed by atoms with Crippen LogP contribution < -0.4 is 5.32 Å². The van der Waals surface area contributed by atoms with Crippen molar-refractivity contribution in [3.63, 3.8) is 0 Å². The second-order valence-electron chi connectivity index (χ2n) is 7.30. The molecule has 0 aromatic rings. The van der Waals surface area contributed by atoms with Gasteiger partial charge in [-0.1, -0.05) is 40.0 Å². The third-order valence-corrected chi connectivity index (χ3v) is 4.62. The van der Waals surface area contributed by atoms with Crippen LogP contribution in [0.4, 0.5) is 0 Å². The van der Waals surface area contributed by atoms with Crippen LogP contribution in [0.15, 0.2) is 0 Å². The molecule has 19 heavy (non-hydrogen) atoms. The van der Waals surface area contributed by atoms with Gasteiger partial charge in [0.15, 0.2) is 0 Å². The molecule has 2 rings (SSSR count). The first-order valence-electron chi connectivity index (χ1n) is 8.13. The Balaban J connectivity index is 1.65. The van der Waals surface area contributed by atoms with Gasteiger partial charge in [0.25, 0.3) is 0 Å². The van der Waals surface area contributed by atoms with E-state index < -0.39 is 0 Å². The lowest BCUT2D eigenvalue weighted by Crippen LogP contribution is -2.56. The van der Waals surface area contributed by atoms with Gasteiger partial charge in [-0.25, -0.2) is 0 Å². The van der Waals surface area contributed by atoms with Crippen LogP contribution in [0.2, 0.25) is 0 Å². The molecule has 3 nitrogen and oxygen atoms in total. The summed E-state index contributed by atoms with van der Waals surface area (Å²) in [6.45, 7) is 12.4. The van der Waals surface area contributed by atoms with Crippen molar-refractivity contribution in [1.82, 2.24) is 10.2 Å². The van der Waals surface area contributed by atoms with Crippen LogP contribution in [0.3, 0.4) is 0 Å². The minimum Gasteiger partial charge on any atom is -0.377 e. The van der Waals surface area contributed by atoms with Crippen molar-refractivity contribution < 1.29 is 4.74 Å². The van der Waals surface area contributed by atoms with Crippen LogP contribution in [-0.4, -0.2) is 49.8 Å². The Hall–Kier alpha value is -0.120. The number of hydrogen-bond acceptors (Lipinski definition) is 3. The van der Waals surface area contributed by atoms with Crippen molar-refractivity contribution in [1.29, 1.82) is 0 Å². The average Bonchev–Trinajstić information content (AvgIpc) is 2.39. The Bertz CT molecular complexity index is 256. The van der Waals surface area contributed by atoms with Crippen molar-refractivity contribution in [2.75, 3.05) is 32.8 Å². The van der Waals surface area contributed by atoms with Crippen molar-refractivity contribution in [3.05, 3.63) is 0 Å². The van der Waals surface area contributed by atoms with Crippen molar-refractivity contribution in [3.8, 4) is 0 Å². The summed E-state index contributed by atoms with van der Waals surface area (Å²) in [5.74, 6) is 0. The van der Waals surface area contributed by atoms with Crippen LogP contribution in [0.25, 0.3) is 0 Å². The maximum atomic E-state index is 6.04. The maximum Gasteiger partial charge on any atom is 0.0597 e. The van der Waals surface area contributed by atoms with E-state index in [-0.39, 0.29) is 0 Å². The Morgan fingerprint density at radius 3 is 2.58 bits per heavy atom. The van der Waals surface area contributed by atoms with Crippen LogP contribution >= 0.6 is 0 Å². The average molecular weight is 268 g/mol. The highest BCUT2D eigenvalue weighted by Crippen LogP contribution is 2.22. The van der Waals surface area contributed by atoms with Gasteiger partial charge in [-0.15, -0.1) is 0 Å². The van der Waals surface area contributed by atoms with E-state index in [0.29, 0.717) is 17.6 Å². The first kappa shape index (κ1) is 15.3. The standard InChI is InChI=1S/C16H32N2O/c1-16(2,3)15-13-18(10-9-17-15)11-12-19-14-7-5-4-6-8-14/h14-15,17H,4-13H2,1-3H3. The number of hydrogen-bond donors (Lipinski definition) is 1. The van der Waals surface area contributed by atoms with E-state index in [0.717, 1.165) is 26.2 Å². The summed E-state index contributed by atoms with van der Waals surface area (Å²) in [5.41, 5.74) is 0.350. The number of nitrogens with one attached hydrogen (secondary N) is 1. The van der Waals surface area contributed by atoms with Gasteiger partial charge in [0, 0.05) is 32.2 Å². The Labute approximate surface area is 119 Å². The SMILES string of the molecule is CC(C)(C)C1CN(CCOC2CCCCC2)CCN1. The Kier molecular flexibility index (Phi) is 5.67. The largest absolute Gasteiger partial charge is 0.377 e. The van der Waals surface area contributed by atoms with Gasteiger partial charge in [-0.2, -0.15) is 0 Å². The van der Waals surface area contributed by atoms with Gasteiger partial charge in [0.1, 0.15) is 0 Å². The first-order valence-corrected chi connectivity index (χ1v) is 8.13.